The molecule has 0 spiro atoms. The van der Waals surface area contributed by atoms with E-state index in [4.69, 9.17) is 0 Å². The molecule has 65 heavy (non-hydrogen) atoms. The molecule has 0 saturated carbocycles. The normalized spacial score (nSPS) is 11.7. The smallest absolute Gasteiger partial charge is 0.0562 e. The molecule has 0 saturated heterocycles. The summed E-state index contributed by atoms with van der Waals surface area (Å²) in [6, 6.07) is 88.5. The van der Waals surface area contributed by atoms with Gasteiger partial charge in [0.2, 0.25) is 0 Å². The van der Waals surface area contributed by atoms with Crippen LogP contribution in [-0.4, -0.2) is 9.13 Å². The van der Waals surface area contributed by atoms with Gasteiger partial charge in [-0.15, -0.1) is 0 Å². The summed E-state index contributed by atoms with van der Waals surface area (Å²) in [6.45, 7) is 0. The van der Waals surface area contributed by atoms with E-state index in [1.807, 2.05) is 0 Å². The van der Waals surface area contributed by atoms with Gasteiger partial charge in [-0.3, -0.25) is 0 Å². The van der Waals surface area contributed by atoms with Crippen molar-refractivity contribution < 1.29 is 0 Å². The number of hydrogen-bond acceptors (Lipinski definition) is 1. The molecule has 13 rings (SSSR count). The largest absolute Gasteiger partial charge is 0.355 e. The van der Waals surface area contributed by atoms with E-state index in [9.17, 15) is 0 Å². The number of nitrogens with zero attached hydrogens (tertiary/aromatic N) is 2. The van der Waals surface area contributed by atoms with Crippen molar-refractivity contribution in [2.45, 2.75) is 0 Å². The maximum atomic E-state index is 3.83. The molecule has 0 amide bonds. The van der Waals surface area contributed by atoms with Gasteiger partial charge in [-0.1, -0.05) is 170 Å². The molecule has 0 bridgehead atoms. The molecule has 0 radical (unpaired) electrons. The highest BCUT2D eigenvalue weighted by molar-refractivity contribution is 6.20. The predicted octanol–water partition coefficient (Wildman–Crippen LogP) is 16.9. The van der Waals surface area contributed by atoms with E-state index < -0.39 is 0 Å². The molecule has 11 aromatic carbocycles. The minimum Gasteiger partial charge on any atom is -0.355 e. The fourth-order valence-electron chi connectivity index (χ4n) is 10.2. The molecule has 0 unspecified atom stereocenters. The van der Waals surface area contributed by atoms with Gasteiger partial charge in [0.1, 0.15) is 0 Å². The van der Waals surface area contributed by atoms with Crippen LogP contribution in [-0.2, 0) is 0 Å². The predicted molar refractivity (Wildman–Crippen MR) is 276 cm³/mol. The first-order valence-electron chi connectivity index (χ1n) is 22.3. The van der Waals surface area contributed by atoms with E-state index in [-0.39, 0.29) is 0 Å². The second-order valence-corrected chi connectivity index (χ2v) is 17.0. The third kappa shape index (κ3) is 6.20. The number of para-hydroxylation sites is 1. The molecule has 2 heterocycles. The van der Waals surface area contributed by atoms with Crippen LogP contribution in [0.15, 0.2) is 243 Å². The minimum absolute atomic E-state index is 1.07. The highest BCUT2D eigenvalue weighted by atomic mass is 15.0. The average molecular weight is 828 g/mol. The Morgan fingerprint density at radius 2 is 0.815 bits per heavy atom. The van der Waals surface area contributed by atoms with Gasteiger partial charge in [0.25, 0.3) is 0 Å². The minimum atomic E-state index is 1.07. The van der Waals surface area contributed by atoms with Gasteiger partial charge < -0.3 is 14.5 Å². The van der Waals surface area contributed by atoms with Crippen LogP contribution in [0.4, 0.5) is 11.4 Å². The summed E-state index contributed by atoms with van der Waals surface area (Å²) in [5.74, 6) is 0. The monoisotopic (exact) mass is 827 g/mol. The van der Waals surface area contributed by atoms with E-state index >= 15 is 0 Å². The number of fused-ring (bicyclic) bond motifs is 8. The highest BCUT2D eigenvalue weighted by Gasteiger charge is 2.20. The van der Waals surface area contributed by atoms with Crippen molar-refractivity contribution >= 4 is 76.5 Å². The standard InChI is InChI=1S/C62H41N3/c1-3-15-41(16-4-1)46-23-13-24-49(35-46)64-60-34-31-48(47-30-33-58(53(37-47)44-18-5-2-6-19-44)63-57-27-14-22-43-20-9-10-25-51(43)57)38-54(60)56-39-55-52-26-11-12-28-59(52)65(61(55)40-62(56)64)50-32-29-42-17-7-8-21-45(42)36-50/h1-40,63H. The van der Waals surface area contributed by atoms with Gasteiger partial charge >= 0.3 is 0 Å². The van der Waals surface area contributed by atoms with Crippen LogP contribution in [0.1, 0.15) is 0 Å². The number of aromatic nitrogens is 2. The molecule has 0 aliphatic carbocycles. The molecular weight excluding hydrogens is 787 g/mol. The Balaban J connectivity index is 1.04. The van der Waals surface area contributed by atoms with E-state index in [2.05, 4.69) is 257 Å². The van der Waals surface area contributed by atoms with Crippen molar-refractivity contribution in [3.05, 3.63) is 243 Å². The molecule has 3 nitrogen and oxygen atoms in total. The number of hydrogen-bond donors (Lipinski definition) is 1. The van der Waals surface area contributed by atoms with Gasteiger partial charge in [-0.2, -0.15) is 0 Å². The number of anilines is 2. The number of rotatable bonds is 7. The van der Waals surface area contributed by atoms with Crippen LogP contribution in [0.2, 0.25) is 0 Å². The first-order valence-corrected chi connectivity index (χ1v) is 22.3. The molecule has 0 fully saturated rings. The summed E-state index contributed by atoms with van der Waals surface area (Å²) in [5, 5.41) is 13.6. The number of nitrogens with one attached hydrogen (secondary N) is 1. The van der Waals surface area contributed by atoms with Crippen molar-refractivity contribution in [3.63, 3.8) is 0 Å². The zero-order valence-corrected chi connectivity index (χ0v) is 35.5. The Morgan fingerprint density at radius 1 is 0.246 bits per heavy atom. The maximum Gasteiger partial charge on any atom is 0.0562 e. The third-order valence-electron chi connectivity index (χ3n) is 13.3. The molecule has 3 heteroatoms. The van der Waals surface area contributed by atoms with E-state index in [0.29, 0.717) is 0 Å². The van der Waals surface area contributed by atoms with Crippen LogP contribution >= 0.6 is 0 Å². The lowest BCUT2D eigenvalue weighted by molar-refractivity contribution is 1.17. The SMILES string of the molecule is c1ccc(-c2cccc(-n3c4ccc(-c5ccc(Nc6cccc7ccccc67)c(-c6ccccc6)c5)cc4c4cc5c6ccccc6n(-c6ccc7ccccc7c6)c5cc43)c2)cc1. The lowest BCUT2D eigenvalue weighted by Gasteiger charge is -2.16. The number of benzene rings is 11. The van der Waals surface area contributed by atoms with Crippen molar-refractivity contribution in [2.24, 2.45) is 0 Å². The zero-order valence-electron chi connectivity index (χ0n) is 35.5. The van der Waals surface area contributed by atoms with Crippen LogP contribution in [0.25, 0.3) is 110 Å². The summed E-state index contributed by atoms with van der Waals surface area (Å²) >= 11 is 0. The van der Waals surface area contributed by atoms with E-state index in [0.717, 1.165) is 33.9 Å². The Labute approximate surface area is 376 Å². The molecule has 0 aliphatic heterocycles. The van der Waals surface area contributed by atoms with Crippen LogP contribution in [0.3, 0.4) is 0 Å². The molecule has 1 N–H and O–H groups in total. The third-order valence-corrected chi connectivity index (χ3v) is 13.3. The molecule has 13 aromatic rings. The topological polar surface area (TPSA) is 21.9 Å². The van der Waals surface area contributed by atoms with Gasteiger partial charge in [-0.25, -0.2) is 0 Å². The Kier molecular flexibility index (Phi) is 8.53. The summed E-state index contributed by atoms with van der Waals surface area (Å²) in [5.41, 5.74) is 16.2. The van der Waals surface area contributed by atoms with Crippen LogP contribution in [0, 0.1) is 0 Å². The zero-order chi connectivity index (χ0) is 42.8. The quantitative estimate of drug-likeness (QED) is 0.170. The first kappa shape index (κ1) is 36.9. The Bertz CT molecular complexity index is 3960. The van der Waals surface area contributed by atoms with Crippen LogP contribution in [0.5, 0.6) is 0 Å². The first-order chi connectivity index (χ1) is 32.2. The van der Waals surface area contributed by atoms with E-state index in [1.165, 1.54) is 87.4 Å². The van der Waals surface area contributed by atoms with E-state index in [1.54, 1.807) is 0 Å². The van der Waals surface area contributed by atoms with Crippen LogP contribution < -0.4 is 5.32 Å². The van der Waals surface area contributed by atoms with Crippen molar-refractivity contribution in [1.82, 2.24) is 9.13 Å². The lowest BCUT2D eigenvalue weighted by atomic mass is 9.96. The second kappa shape index (κ2) is 15.0. The maximum absolute atomic E-state index is 3.83. The molecular formula is C62H41N3. The van der Waals surface area contributed by atoms with Crippen molar-refractivity contribution in [1.29, 1.82) is 0 Å². The fourth-order valence-corrected chi connectivity index (χ4v) is 10.2. The molecule has 0 aliphatic rings. The van der Waals surface area contributed by atoms with Gasteiger partial charge in [0.05, 0.1) is 22.1 Å². The lowest BCUT2D eigenvalue weighted by Crippen LogP contribution is -1.96. The van der Waals surface area contributed by atoms with Crippen molar-refractivity contribution in [3.8, 4) is 44.8 Å². The Hall–Kier alpha value is -8.66. The van der Waals surface area contributed by atoms with Gasteiger partial charge in [0, 0.05) is 55.2 Å². The average Bonchev–Trinajstić information content (AvgIpc) is 3.87. The van der Waals surface area contributed by atoms with Gasteiger partial charge in [-0.05, 0) is 117 Å². The second-order valence-electron chi connectivity index (χ2n) is 17.0. The molecule has 2 aromatic heterocycles. The fraction of sp³-hybridized carbons (Fsp3) is 0. The molecule has 304 valence electrons. The summed E-state index contributed by atoms with van der Waals surface area (Å²) in [4.78, 5) is 0. The summed E-state index contributed by atoms with van der Waals surface area (Å²) in [7, 11) is 0. The summed E-state index contributed by atoms with van der Waals surface area (Å²) in [6.07, 6.45) is 0. The van der Waals surface area contributed by atoms with Crippen molar-refractivity contribution in [2.75, 3.05) is 5.32 Å². The highest BCUT2D eigenvalue weighted by Crippen LogP contribution is 2.43. The molecule has 0 atom stereocenters. The van der Waals surface area contributed by atoms with Gasteiger partial charge in [0.15, 0.2) is 0 Å². The summed E-state index contributed by atoms with van der Waals surface area (Å²) < 4.78 is 4.92. The Morgan fingerprint density at radius 3 is 1.65 bits per heavy atom.